The van der Waals surface area contributed by atoms with Crippen LogP contribution in [-0.4, -0.2) is 24.5 Å². The lowest BCUT2D eigenvalue weighted by Gasteiger charge is -2.13. The molecule has 0 heterocycles. The van der Waals surface area contributed by atoms with E-state index in [1.54, 1.807) is 0 Å². The lowest BCUT2D eigenvalue weighted by atomic mass is 10.1. The molecule has 0 aliphatic carbocycles. The van der Waals surface area contributed by atoms with Crippen LogP contribution in [-0.2, 0) is 14.3 Å². The maximum atomic E-state index is 11.9. The van der Waals surface area contributed by atoms with Crippen LogP contribution in [0.2, 0.25) is 0 Å². The van der Waals surface area contributed by atoms with Crippen molar-refractivity contribution in [2.75, 3.05) is 6.61 Å². The third kappa shape index (κ3) is 23.4. The van der Waals surface area contributed by atoms with E-state index in [9.17, 15) is 9.59 Å². The summed E-state index contributed by atoms with van der Waals surface area (Å²) < 4.78 is 5.30. The first-order valence-corrected chi connectivity index (χ1v) is 13.5. The van der Waals surface area contributed by atoms with E-state index in [-0.39, 0.29) is 17.9 Å². The molecule has 4 heteroatoms. The van der Waals surface area contributed by atoms with Crippen molar-refractivity contribution in [3.63, 3.8) is 0 Å². The van der Waals surface area contributed by atoms with Gasteiger partial charge < -0.3 is 10.1 Å². The maximum Gasteiger partial charge on any atom is 0.305 e. The summed E-state index contributed by atoms with van der Waals surface area (Å²) in [5, 5.41) is 3.04. The van der Waals surface area contributed by atoms with Crippen LogP contribution in [0.4, 0.5) is 0 Å². The highest BCUT2D eigenvalue weighted by molar-refractivity contribution is 5.77. The topological polar surface area (TPSA) is 55.4 Å². The van der Waals surface area contributed by atoms with Crippen molar-refractivity contribution >= 4 is 11.9 Å². The summed E-state index contributed by atoms with van der Waals surface area (Å²) in [7, 11) is 0. The Kier molecular flexibility index (Phi) is 22.8. The molecular formula is C27H53NO3. The molecule has 4 nitrogen and oxygen atoms in total. The first-order chi connectivity index (χ1) is 15.1. The van der Waals surface area contributed by atoms with Crippen LogP contribution in [0.25, 0.3) is 0 Å². The Morgan fingerprint density at radius 3 is 1.68 bits per heavy atom. The molecule has 0 aromatic heterocycles. The second-order valence-electron chi connectivity index (χ2n) is 9.28. The lowest BCUT2D eigenvalue weighted by Crippen LogP contribution is -2.32. The van der Waals surface area contributed by atoms with E-state index >= 15 is 0 Å². The van der Waals surface area contributed by atoms with Gasteiger partial charge in [-0.25, -0.2) is 0 Å². The number of unbranched alkanes of at least 4 members (excludes halogenated alkanes) is 14. The van der Waals surface area contributed by atoms with Gasteiger partial charge in [0.05, 0.1) is 6.61 Å². The molecule has 0 aliphatic heterocycles. The quantitative estimate of drug-likeness (QED) is 0.130. The van der Waals surface area contributed by atoms with Gasteiger partial charge in [-0.05, 0) is 26.2 Å². The highest BCUT2D eigenvalue weighted by Crippen LogP contribution is 2.12. The predicted octanol–water partition coefficient (Wildman–Crippen LogP) is 7.88. The van der Waals surface area contributed by atoms with E-state index in [1.165, 1.54) is 89.9 Å². The Balaban J connectivity index is 3.38. The first kappa shape index (κ1) is 29.9. The molecule has 0 radical (unpaired) electrons. The lowest BCUT2D eigenvalue weighted by molar-refractivity contribution is -0.143. The SMILES string of the molecule is CCCCCCCCCCCCCCOC(=O)CCCC(=O)NC(C)CCCCCC. The maximum absolute atomic E-state index is 11.9. The zero-order valence-electron chi connectivity index (χ0n) is 21.2. The van der Waals surface area contributed by atoms with Crippen LogP contribution in [0.5, 0.6) is 0 Å². The smallest absolute Gasteiger partial charge is 0.305 e. The molecule has 0 saturated heterocycles. The molecule has 184 valence electrons. The zero-order valence-corrected chi connectivity index (χ0v) is 21.2. The van der Waals surface area contributed by atoms with E-state index in [1.807, 2.05) is 0 Å². The molecule has 31 heavy (non-hydrogen) atoms. The van der Waals surface area contributed by atoms with Gasteiger partial charge in [-0.3, -0.25) is 9.59 Å². The average molecular weight is 440 g/mol. The number of hydrogen-bond acceptors (Lipinski definition) is 3. The predicted molar refractivity (Wildman–Crippen MR) is 132 cm³/mol. The molecule has 0 fully saturated rings. The number of carbonyl (C=O) groups excluding carboxylic acids is 2. The fourth-order valence-electron chi connectivity index (χ4n) is 3.89. The molecule has 0 aromatic rings. The molecule has 0 bridgehead atoms. The van der Waals surface area contributed by atoms with Crippen molar-refractivity contribution in [2.24, 2.45) is 0 Å². The Hall–Kier alpha value is -1.06. The Labute approximate surface area is 193 Å². The standard InChI is InChI=1S/C27H53NO3/c1-4-6-8-10-11-12-13-14-15-16-17-19-24-31-27(30)23-20-22-26(29)28-25(3)21-18-9-7-5-2/h25H,4-24H2,1-3H3,(H,28,29). The molecule has 1 amide bonds. The van der Waals surface area contributed by atoms with Crippen molar-refractivity contribution in [1.82, 2.24) is 5.32 Å². The minimum atomic E-state index is -0.163. The minimum Gasteiger partial charge on any atom is -0.466 e. The second kappa shape index (κ2) is 23.6. The van der Waals surface area contributed by atoms with Crippen LogP contribution in [0.1, 0.15) is 149 Å². The van der Waals surface area contributed by atoms with Gasteiger partial charge >= 0.3 is 5.97 Å². The highest BCUT2D eigenvalue weighted by atomic mass is 16.5. The Morgan fingerprint density at radius 2 is 1.13 bits per heavy atom. The molecular weight excluding hydrogens is 386 g/mol. The van der Waals surface area contributed by atoms with Gasteiger partial charge in [-0.1, -0.05) is 110 Å². The molecule has 1 atom stereocenters. The highest BCUT2D eigenvalue weighted by Gasteiger charge is 2.09. The van der Waals surface area contributed by atoms with E-state index in [0.29, 0.717) is 25.9 Å². The van der Waals surface area contributed by atoms with Crippen molar-refractivity contribution in [1.29, 1.82) is 0 Å². The minimum absolute atomic E-state index is 0.0525. The van der Waals surface area contributed by atoms with Gasteiger partial charge in [0.15, 0.2) is 0 Å². The monoisotopic (exact) mass is 439 g/mol. The number of rotatable bonds is 23. The summed E-state index contributed by atoms with van der Waals surface area (Å²) in [6.07, 6.45) is 22.9. The van der Waals surface area contributed by atoms with Gasteiger partial charge in [0, 0.05) is 18.9 Å². The van der Waals surface area contributed by atoms with Gasteiger partial charge in [0.1, 0.15) is 0 Å². The van der Waals surface area contributed by atoms with Gasteiger partial charge in [-0.15, -0.1) is 0 Å². The Morgan fingerprint density at radius 1 is 0.645 bits per heavy atom. The van der Waals surface area contributed by atoms with E-state index in [4.69, 9.17) is 4.74 Å². The largest absolute Gasteiger partial charge is 0.466 e. The summed E-state index contributed by atoms with van der Waals surface area (Å²) in [6.45, 7) is 7.05. The van der Waals surface area contributed by atoms with Crippen LogP contribution in [0, 0.1) is 0 Å². The summed E-state index contributed by atoms with van der Waals surface area (Å²) >= 11 is 0. The molecule has 1 N–H and O–H groups in total. The third-order valence-corrected chi connectivity index (χ3v) is 5.94. The fraction of sp³-hybridized carbons (Fsp3) is 0.926. The number of ether oxygens (including phenoxy) is 1. The van der Waals surface area contributed by atoms with Crippen LogP contribution < -0.4 is 5.32 Å². The van der Waals surface area contributed by atoms with E-state index in [2.05, 4.69) is 26.1 Å². The summed E-state index contributed by atoms with van der Waals surface area (Å²) in [5.74, 6) is -0.111. The summed E-state index contributed by atoms with van der Waals surface area (Å²) in [4.78, 5) is 23.7. The molecule has 0 rings (SSSR count). The number of carbonyl (C=O) groups is 2. The van der Waals surface area contributed by atoms with Crippen LogP contribution in [0.3, 0.4) is 0 Å². The zero-order chi connectivity index (χ0) is 23.0. The Bertz CT molecular complexity index is 411. The van der Waals surface area contributed by atoms with E-state index in [0.717, 1.165) is 19.3 Å². The van der Waals surface area contributed by atoms with Gasteiger partial charge in [0.25, 0.3) is 0 Å². The van der Waals surface area contributed by atoms with E-state index < -0.39 is 0 Å². The number of nitrogens with one attached hydrogen (secondary N) is 1. The molecule has 1 unspecified atom stereocenters. The second-order valence-corrected chi connectivity index (χ2v) is 9.28. The molecule has 0 aromatic carbocycles. The van der Waals surface area contributed by atoms with Gasteiger partial charge in [-0.2, -0.15) is 0 Å². The number of hydrogen-bond donors (Lipinski definition) is 1. The first-order valence-electron chi connectivity index (χ1n) is 13.5. The molecule has 0 saturated carbocycles. The number of esters is 1. The summed E-state index contributed by atoms with van der Waals surface area (Å²) in [6, 6.07) is 0.224. The van der Waals surface area contributed by atoms with Crippen LogP contribution in [0.15, 0.2) is 0 Å². The van der Waals surface area contributed by atoms with Crippen molar-refractivity contribution in [3.05, 3.63) is 0 Å². The van der Waals surface area contributed by atoms with Crippen molar-refractivity contribution in [2.45, 2.75) is 155 Å². The number of amides is 1. The van der Waals surface area contributed by atoms with Crippen molar-refractivity contribution < 1.29 is 14.3 Å². The summed E-state index contributed by atoms with van der Waals surface area (Å²) in [5.41, 5.74) is 0. The van der Waals surface area contributed by atoms with Crippen molar-refractivity contribution in [3.8, 4) is 0 Å². The average Bonchev–Trinajstić information content (AvgIpc) is 2.74. The fourth-order valence-corrected chi connectivity index (χ4v) is 3.89. The normalized spacial score (nSPS) is 12.0. The third-order valence-electron chi connectivity index (χ3n) is 5.94. The molecule has 0 aliphatic rings. The van der Waals surface area contributed by atoms with Crippen LogP contribution >= 0.6 is 0 Å². The van der Waals surface area contributed by atoms with Gasteiger partial charge in [0.2, 0.25) is 5.91 Å². The molecule has 0 spiro atoms.